The second kappa shape index (κ2) is 5.88. The van der Waals surface area contributed by atoms with Crippen LogP contribution in [-0.2, 0) is 11.3 Å². The van der Waals surface area contributed by atoms with Crippen LogP contribution >= 0.6 is 0 Å². The summed E-state index contributed by atoms with van der Waals surface area (Å²) >= 11 is 0. The number of ether oxygens (including phenoxy) is 1. The third-order valence-electron chi connectivity index (χ3n) is 2.55. The van der Waals surface area contributed by atoms with Gasteiger partial charge in [0.15, 0.2) is 0 Å². The number of methoxy groups -OCH3 is 1. The lowest BCUT2D eigenvalue weighted by Crippen LogP contribution is -2.20. The van der Waals surface area contributed by atoms with Crippen LogP contribution in [-0.4, -0.2) is 23.3 Å². The molecule has 0 bridgehead atoms. The quantitative estimate of drug-likeness (QED) is 0.727. The number of aromatic nitrogens is 2. The minimum Gasteiger partial charge on any atom is -0.385 e. The molecule has 0 saturated carbocycles. The summed E-state index contributed by atoms with van der Waals surface area (Å²) in [6, 6.07) is 0.0649. The average Bonchev–Trinajstić information content (AvgIpc) is 2.65. The molecule has 1 heterocycles. The topological polar surface area (TPSA) is 53.1 Å². The van der Waals surface area contributed by atoms with E-state index in [4.69, 9.17) is 10.5 Å². The van der Waals surface area contributed by atoms with E-state index in [0.29, 0.717) is 5.92 Å². The molecule has 2 N–H and O–H groups in total. The second-order valence-electron chi connectivity index (χ2n) is 4.13. The van der Waals surface area contributed by atoms with Gasteiger partial charge in [0, 0.05) is 32.5 Å². The van der Waals surface area contributed by atoms with Gasteiger partial charge >= 0.3 is 0 Å². The van der Waals surface area contributed by atoms with E-state index >= 15 is 0 Å². The summed E-state index contributed by atoms with van der Waals surface area (Å²) in [5, 5.41) is 0. The minimum absolute atomic E-state index is 0.0649. The van der Waals surface area contributed by atoms with Crippen LogP contribution in [0.15, 0.2) is 12.5 Å². The normalized spacial score (nSPS) is 13.4. The molecule has 1 rings (SSSR count). The van der Waals surface area contributed by atoms with Crippen molar-refractivity contribution in [3.63, 3.8) is 0 Å². The Morgan fingerprint density at radius 1 is 1.53 bits per heavy atom. The molecule has 1 unspecified atom stereocenters. The first-order valence-electron chi connectivity index (χ1n) is 5.41. The Balaban J connectivity index is 2.60. The average molecular weight is 211 g/mol. The van der Waals surface area contributed by atoms with Crippen LogP contribution in [0.2, 0.25) is 0 Å². The number of nitrogens with two attached hydrogens (primary N) is 1. The van der Waals surface area contributed by atoms with E-state index in [0.717, 1.165) is 25.3 Å². The maximum Gasteiger partial charge on any atom is 0.0948 e. The van der Waals surface area contributed by atoms with Gasteiger partial charge in [-0.15, -0.1) is 0 Å². The van der Waals surface area contributed by atoms with E-state index in [1.165, 1.54) is 0 Å². The number of imidazole rings is 1. The molecule has 15 heavy (non-hydrogen) atoms. The molecular weight excluding hydrogens is 190 g/mol. The molecule has 4 heteroatoms. The van der Waals surface area contributed by atoms with E-state index in [2.05, 4.69) is 23.4 Å². The first-order chi connectivity index (χ1) is 7.16. The molecular formula is C11H21N3O. The fraction of sp³-hybridized carbons (Fsp3) is 0.727. The summed E-state index contributed by atoms with van der Waals surface area (Å²) in [6.45, 7) is 5.94. The maximum absolute atomic E-state index is 6.10. The Morgan fingerprint density at radius 3 is 2.87 bits per heavy atom. The summed E-state index contributed by atoms with van der Waals surface area (Å²) < 4.78 is 7.14. The summed E-state index contributed by atoms with van der Waals surface area (Å²) in [4.78, 5) is 4.15. The largest absolute Gasteiger partial charge is 0.385 e. The zero-order valence-corrected chi connectivity index (χ0v) is 9.81. The van der Waals surface area contributed by atoms with Crippen LogP contribution in [0, 0.1) is 5.92 Å². The van der Waals surface area contributed by atoms with Crippen molar-refractivity contribution in [1.82, 2.24) is 9.55 Å². The number of rotatable bonds is 6. The second-order valence-corrected chi connectivity index (χ2v) is 4.13. The fourth-order valence-corrected chi connectivity index (χ4v) is 1.52. The van der Waals surface area contributed by atoms with Crippen molar-refractivity contribution in [3.8, 4) is 0 Å². The van der Waals surface area contributed by atoms with Crippen LogP contribution in [0.1, 0.15) is 32.0 Å². The molecule has 1 atom stereocenters. The van der Waals surface area contributed by atoms with Crippen LogP contribution < -0.4 is 5.73 Å². The highest BCUT2D eigenvalue weighted by Crippen LogP contribution is 2.18. The third-order valence-corrected chi connectivity index (χ3v) is 2.55. The van der Waals surface area contributed by atoms with Gasteiger partial charge < -0.3 is 15.0 Å². The van der Waals surface area contributed by atoms with Gasteiger partial charge in [-0.1, -0.05) is 13.8 Å². The molecule has 1 aromatic heterocycles. The molecule has 0 radical (unpaired) electrons. The van der Waals surface area contributed by atoms with Crippen LogP contribution in [0.5, 0.6) is 0 Å². The van der Waals surface area contributed by atoms with E-state index < -0.39 is 0 Å². The van der Waals surface area contributed by atoms with Crippen molar-refractivity contribution in [3.05, 3.63) is 18.2 Å². The number of nitrogens with zero attached hydrogens (tertiary/aromatic N) is 2. The number of aryl methyl sites for hydroxylation is 1. The van der Waals surface area contributed by atoms with E-state index in [9.17, 15) is 0 Å². The van der Waals surface area contributed by atoms with Crippen molar-refractivity contribution in [2.45, 2.75) is 32.9 Å². The lowest BCUT2D eigenvalue weighted by atomic mass is 10.0. The summed E-state index contributed by atoms with van der Waals surface area (Å²) in [7, 11) is 1.72. The zero-order chi connectivity index (χ0) is 11.3. The monoisotopic (exact) mass is 211 g/mol. The highest BCUT2D eigenvalue weighted by atomic mass is 16.5. The lowest BCUT2D eigenvalue weighted by molar-refractivity contribution is 0.189. The predicted molar refractivity (Wildman–Crippen MR) is 60.5 cm³/mol. The molecule has 0 aliphatic rings. The maximum atomic E-state index is 6.10. The molecule has 0 spiro atoms. The molecule has 4 nitrogen and oxygen atoms in total. The van der Waals surface area contributed by atoms with Gasteiger partial charge in [-0.2, -0.15) is 0 Å². The van der Waals surface area contributed by atoms with E-state index in [-0.39, 0.29) is 6.04 Å². The Kier molecular flexibility index (Phi) is 4.78. The van der Waals surface area contributed by atoms with Crippen LogP contribution in [0.25, 0.3) is 0 Å². The van der Waals surface area contributed by atoms with Gasteiger partial charge in [0.1, 0.15) is 0 Å². The van der Waals surface area contributed by atoms with Crippen LogP contribution in [0.4, 0.5) is 0 Å². The SMILES string of the molecule is COCCCn1cncc1C(N)C(C)C. The highest BCUT2D eigenvalue weighted by Gasteiger charge is 2.14. The van der Waals surface area contributed by atoms with Gasteiger partial charge in [-0.3, -0.25) is 0 Å². The molecule has 0 aromatic carbocycles. The molecule has 0 aliphatic heterocycles. The highest BCUT2D eigenvalue weighted by molar-refractivity contribution is 5.05. The summed E-state index contributed by atoms with van der Waals surface area (Å²) in [6.07, 6.45) is 4.69. The fourth-order valence-electron chi connectivity index (χ4n) is 1.52. The zero-order valence-electron chi connectivity index (χ0n) is 9.81. The van der Waals surface area contributed by atoms with Crippen LogP contribution in [0.3, 0.4) is 0 Å². The minimum atomic E-state index is 0.0649. The van der Waals surface area contributed by atoms with E-state index in [1.54, 1.807) is 7.11 Å². The molecule has 0 saturated heterocycles. The molecule has 86 valence electrons. The summed E-state index contributed by atoms with van der Waals surface area (Å²) in [5.74, 6) is 0.433. The van der Waals surface area contributed by atoms with Crippen molar-refractivity contribution >= 4 is 0 Å². The smallest absolute Gasteiger partial charge is 0.0948 e. The standard InChI is InChI=1S/C11H21N3O/c1-9(2)11(12)10-7-13-8-14(10)5-4-6-15-3/h7-9,11H,4-6,12H2,1-3H3. The predicted octanol–water partition coefficient (Wildman–Crippen LogP) is 1.58. The van der Waals surface area contributed by atoms with Gasteiger partial charge in [0.05, 0.1) is 12.0 Å². The molecule has 0 fully saturated rings. The van der Waals surface area contributed by atoms with Gasteiger partial charge in [-0.05, 0) is 12.3 Å². The van der Waals surface area contributed by atoms with Crippen molar-refractivity contribution in [2.75, 3.05) is 13.7 Å². The first kappa shape index (κ1) is 12.2. The van der Waals surface area contributed by atoms with Gasteiger partial charge in [0.25, 0.3) is 0 Å². The number of hydrogen-bond acceptors (Lipinski definition) is 3. The van der Waals surface area contributed by atoms with Crippen molar-refractivity contribution in [1.29, 1.82) is 0 Å². The number of hydrogen-bond donors (Lipinski definition) is 1. The van der Waals surface area contributed by atoms with Gasteiger partial charge in [-0.25, -0.2) is 4.98 Å². The summed E-state index contributed by atoms with van der Waals surface area (Å²) in [5.41, 5.74) is 7.21. The molecule has 0 amide bonds. The van der Waals surface area contributed by atoms with E-state index in [1.807, 2.05) is 12.5 Å². The molecule has 0 aliphatic carbocycles. The third kappa shape index (κ3) is 3.32. The first-order valence-corrected chi connectivity index (χ1v) is 5.41. The molecule has 1 aromatic rings. The Labute approximate surface area is 91.4 Å². The van der Waals surface area contributed by atoms with Crippen molar-refractivity contribution in [2.24, 2.45) is 11.7 Å². The Morgan fingerprint density at radius 2 is 2.27 bits per heavy atom. The van der Waals surface area contributed by atoms with Gasteiger partial charge in [0.2, 0.25) is 0 Å². The Bertz CT molecular complexity index is 283. The Hall–Kier alpha value is -0.870. The lowest BCUT2D eigenvalue weighted by Gasteiger charge is -2.17. The van der Waals surface area contributed by atoms with Crippen molar-refractivity contribution < 1.29 is 4.74 Å².